The van der Waals surface area contributed by atoms with E-state index < -0.39 is 10.8 Å². The molecule has 0 spiro atoms. The van der Waals surface area contributed by atoms with Crippen molar-refractivity contribution >= 4 is 10.8 Å². The highest BCUT2D eigenvalue weighted by Gasteiger charge is 2.17. The first-order chi connectivity index (χ1) is 8.34. The van der Waals surface area contributed by atoms with Gasteiger partial charge in [0.25, 0.3) is 0 Å². The standard InChI is InChI=1S/C15H21NOS/c1-12-5-6-14(9-13(12)2)10-18(17)8-7-15(3,4)11-16/h5-6,9H,7-8,10H2,1-4H3/t18-/m1/s1. The van der Waals surface area contributed by atoms with Crippen LogP contribution in [0, 0.1) is 30.6 Å². The molecule has 0 saturated heterocycles. The molecular weight excluding hydrogens is 242 g/mol. The number of hydrogen-bond donors (Lipinski definition) is 0. The van der Waals surface area contributed by atoms with Gasteiger partial charge in [-0.2, -0.15) is 5.26 Å². The minimum absolute atomic E-state index is 0.376. The zero-order valence-electron chi connectivity index (χ0n) is 11.6. The van der Waals surface area contributed by atoms with Crippen molar-refractivity contribution in [1.82, 2.24) is 0 Å². The minimum atomic E-state index is -0.885. The first-order valence-corrected chi connectivity index (χ1v) is 7.65. The number of aryl methyl sites for hydroxylation is 2. The lowest BCUT2D eigenvalue weighted by Crippen LogP contribution is -2.13. The van der Waals surface area contributed by atoms with E-state index in [2.05, 4.69) is 32.0 Å². The van der Waals surface area contributed by atoms with Crippen LogP contribution in [0.25, 0.3) is 0 Å². The Kier molecular flexibility index (Phi) is 5.10. The first kappa shape index (κ1) is 14.9. The first-order valence-electron chi connectivity index (χ1n) is 6.16. The molecule has 0 unspecified atom stereocenters. The highest BCUT2D eigenvalue weighted by molar-refractivity contribution is 7.84. The second-order valence-corrected chi connectivity index (χ2v) is 7.03. The summed E-state index contributed by atoms with van der Waals surface area (Å²) in [6.07, 6.45) is 0.682. The third kappa shape index (κ3) is 4.62. The molecule has 1 rings (SSSR count). The summed E-state index contributed by atoms with van der Waals surface area (Å²) < 4.78 is 12.0. The number of rotatable bonds is 5. The molecule has 1 atom stereocenters. The third-order valence-corrected chi connectivity index (χ3v) is 4.47. The molecule has 2 nitrogen and oxygen atoms in total. The molecule has 0 aliphatic heterocycles. The molecule has 1 aromatic carbocycles. The average molecular weight is 263 g/mol. The fourth-order valence-corrected chi connectivity index (χ4v) is 3.01. The van der Waals surface area contributed by atoms with E-state index in [9.17, 15) is 4.21 Å². The highest BCUT2D eigenvalue weighted by atomic mass is 32.2. The summed E-state index contributed by atoms with van der Waals surface area (Å²) in [6, 6.07) is 8.45. The van der Waals surface area contributed by atoms with Crippen LogP contribution in [0.3, 0.4) is 0 Å². The van der Waals surface area contributed by atoms with E-state index in [1.54, 1.807) is 0 Å². The van der Waals surface area contributed by atoms with Crippen LogP contribution >= 0.6 is 0 Å². The van der Waals surface area contributed by atoms with Gasteiger partial charge in [0.1, 0.15) is 0 Å². The fourth-order valence-electron chi connectivity index (χ4n) is 1.58. The molecule has 0 aliphatic carbocycles. The molecule has 0 fully saturated rings. The summed E-state index contributed by atoms with van der Waals surface area (Å²) in [7, 11) is -0.885. The summed E-state index contributed by atoms with van der Waals surface area (Å²) in [5.41, 5.74) is 3.24. The van der Waals surface area contributed by atoms with Crippen molar-refractivity contribution in [3.05, 3.63) is 34.9 Å². The van der Waals surface area contributed by atoms with E-state index in [0.717, 1.165) is 5.56 Å². The van der Waals surface area contributed by atoms with Gasteiger partial charge < -0.3 is 0 Å². The maximum absolute atomic E-state index is 12.0. The SMILES string of the molecule is Cc1ccc(C[S@](=O)CCC(C)(C)C#N)cc1C. The zero-order valence-corrected chi connectivity index (χ0v) is 12.4. The number of benzene rings is 1. The van der Waals surface area contributed by atoms with Crippen molar-refractivity contribution in [2.24, 2.45) is 5.41 Å². The van der Waals surface area contributed by atoms with Gasteiger partial charge in [0.2, 0.25) is 0 Å². The van der Waals surface area contributed by atoms with Gasteiger partial charge in [0.05, 0.1) is 11.5 Å². The van der Waals surface area contributed by atoms with Crippen LogP contribution in [0.15, 0.2) is 18.2 Å². The van der Waals surface area contributed by atoms with Gasteiger partial charge in [0, 0.05) is 22.3 Å². The van der Waals surface area contributed by atoms with E-state index >= 15 is 0 Å². The van der Waals surface area contributed by atoms with Crippen molar-refractivity contribution in [2.45, 2.75) is 39.9 Å². The second kappa shape index (κ2) is 6.15. The maximum atomic E-state index is 12.0. The van der Waals surface area contributed by atoms with Crippen LogP contribution in [0.5, 0.6) is 0 Å². The predicted molar refractivity (Wildman–Crippen MR) is 76.6 cm³/mol. The molecule has 18 heavy (non-hydrogen) atoms. The minimum Gasteiger partial charge on any atom is -0.259 e. The Balaban J connectivity index is 2.55. The van der Waals surface area contributed by atoms with E-state index in [0.29, 0.717) is 17.9 Å². The quantitative estimate of drug-likeness (QED) is 0.816. The third-order valence-electron chi connectivity index (χ3n) is 3.16. The van der Waals surface area contributed by atoms with Gasteiger partial charge in [-0.25, -0.2) is 0 Å². The molecule has 3 heteroatoms. The Morgan fingerprint density at radius 2 is 1.94 bits per heavy atom. The van der Waals surface area contributed by atoms with Gasteiger partial charge in [-0.05, 0) is 50.8 Å². The molecular formula is C15H21NOS. The summed E-state index contributed by atoms with van der Waals surface area (Å²) in [5, 5.41) is 8.91. The summed E-state index contributed by atoms with van der Waals surface area (Å²) >= 11 is 0. The lowest BCUT2D eigenvalue weighted by atomic mass is 9.93. The largest absolute Gasteiger partial charge is 0.259 e. The highest BCUT2D eigenvalue weighted by Crippen LogP contribution is 2.20. The Labute approximate surface area is 112 Å². The summed E-state index contributed by atoms with van der Waals surface area (Å²) in [4.78, 5) is 0. The average Bonchev–Trinajstić information content (AvgIpc) is 2.32. The normalized spacial score (nSPS) is 13.1. The molecule has 0 radical (unpaired) electrons. The molecule has 0 aromatic heterocycles. The molecule has 0 amide bonds. The van der Waals surface area contributed by atoms with Crippen molar-refractivity contribution < 1.29 is 4.21 Å². The summed E-state index contributed by atoms with van der Waals surface area (Å²) in [6.45, 7) is 7.92. The smallest absolute Gasteiger partial charge is 0.0684 e. The fraction of sp³-hybridized carbons (Fsp3) is 0.533. The van der Waals surface area contributed by atoms with E-state index in [-0.39, 0.29) is 5.41 Å². The van der Waals surface area contributed by atoms with Crippen LogP contribution in [-0.2, 0) is 16.6 Å². The number of nitriles is 1. The van der Waals surface area contributed by atoms with Crippen molar-refractivity contribution in [2.75, 3.05) is 5.75 Å². The Morgan fingerprint density at radius 1 is 1.28 bits per heavy atom. The van der Waals surface area contributed by atoms with Gasteiger partial charge in [0.15, 0.2) is 0 Å². The molecule has 0 aliphatic rings. The van der Waals surface area contributed by atoms with Crippen LogP contribution < -0.4 is 0 Å². The van der Waals surface area contributed by atoms with Crippen LogP contribution in [0.4, 0.5) is 0 Å². The van der Waals surface area contributed by atoms with E-state index in [4.69, 9.17) is 5.26 Å². The van der Waals surface area contributed by atoms with Crippen molar-refractivity contribution in [1.29, 1.82) is 5.26 Å². The monoisotopic (exact) mass is 263 g/mol. The van der Waals surface area contributed by atoms with Crippen LogP contribution in [-0.4, -0.2) is 9.96 Å². The van der Waals surface area contributed by atoms with Gasteiger partial charge in [-0.15, -0.1) is 0 Å². The molecule has 0 bridgehead atoms. The number of hydrogen-bond acceptors (Lipinski definition) is 2. The van der Waals surface area contributed by atoms with Crippen molar-refractivity contribution in [3.63, 3.8) is 0 Å². The maximum Gasteiger partial charge on any atom is 0.0684 e. The Morgan fingerprint density at radius 3 is 2.50 bits per heavy atom. The predicted octanol–water partition coefficient (Wildman–Crippen LogP) is 3.49. The molecule has 98 valence electrons. The van der Waals surface area contributed by atoms with Gasteiger partial charge in [-0.3, -0.25) is 4.21 Å². The second-order valence-electron chi connectivity index (χ2n) is 5.45. The molecule has 1 aromatic rings. The Bertz CT molecular complexity index is 486. The zero-order chi connectivity index (χ0) is 13.8. The van der Waals surface area contributed by atoms with Crippen LogP contribution in [0.1, 0.15) is 37.0 Å². The number of nitrogens with zero attached hydrogens (tertiary/aromatic N) is 1. The summed E-state index contributed by atoms with van der Waals surface area (Å²) in [5.74, 6) is 1.18. The molecule has 0 saturated carbocycles. The lowest BCUT2D eigenvalue weighted by molar-refractivity contribution is 0.479. The van der Waals surface area contributed by atoms with Crippen molar-refractivity contribution in [3.8, 4) is 6.07 Å². The van der Waals surface area contributed by atoms with Crippen LogP contribution in [0.2, 0.25) is 0 Å². The lowest BCUT2D eigenvalue weighted by Gasteiger charge is -2.14. The van der Waals surface area contributed by atoms with E-state index in [1.807, 2.05) is 19.9 Å². The van der Waals surface area contributed by atoms with Gasteiger partial charge >= 0.3 is 0 Å². The van der Waals surface area contributed by atoms with E-state index in [1.165, 1.54) is 11.1 Å². The Hall–Kier alpha value is -1.14. The molecule has 0 heterocycles. The van der Waals surface area contributed by atoms with Gasteiger partial charge in [-0.1, -0.05) is 18.2 Å². The topological polar surface area (TPSA) is 40.9 Å². The molecule has 0 N–H and O–H groups in total.